The molecule has 23 heavy (non-hydrogen) atoms. The SMILES string of the molecule is O=C(CBr)Nc1nc(-c2ccco2)c(C(=O)c2ccccn2)s1. The molecule has 116 valence electrons. The molecule has 0 saturated heterocycles. The lowest BCUT2D eigenvalue weighted by molar-refractivity contribution is -0.113. The van der Waals surface area contributed by atoms with E-state index in [4.69, 9.17) is 4.42 Å². The summed E-state index contributed by atoms with van der Waals surface area (Å²) in [5.41, 5.74) is 0.697. The Labute approximate surface area is 143 Å². The summed E-state index contributed by atoms with van der Waals surface area (Å²) in [6, 6.07) is 8.52. The molecule has 1 amide bonds. The number of aromatic nitrogens is 2. The van der Waals surface area contributed by atoms with E-state index in [0.717, 1.165) is 11.3 Å². The summed E-state index contributed by atoms with van der Waals surface area (Å²) in [4.78, 5) is 32.9. The Balaban J connectivity index is 2.03. The molecule has 3 aromatic heterocycles. The Morgan fingerprint density at radius 2 is 2.13 bits per heavy atom. The third-order valence-corrected chi connectivity index (χ3v) is 4.33. The van der Waals surface area contributed by atoms with E-state index in [0.29, 0.717) is 27.2 Å². The number of halogens is 1. The zero-order chi connectivity index (χ0) is 16.2. The lowest BCUT2D eigenvalue weighted by atomic mass is 10.1. The fraction of sp³-hybridized carbons (Fsp3) is 0.0667. The van der Waals surface area contributed by atoms with Crippen LogP contribution in [0.3, 0.4) is 0 Å². The molecular weight excluding hydrogens is 382 g/mol. The summed E-state index contributed by atoms with van der Waals surface area (Å²) in [6.07, 6.45) is 3.05. The smallest absolute Gasteiger partial charge is 0.236 e. The number of amides is 1. The first-order chi connectivity index (χ1) is 11.2. The molecule has 0 spiro atoms. The van der Waals surface area contributed by atoms with Crippen LogP contribution in [-0.4, -0.2) is 27.0 Å². The van der Waals surface area contributed by atoms with Gasteiger partial charge in [0.15, 0.2) is 10.9 Å². The van der Waals surface area contributed by atoms with Crippen molar-refractivity contribution in [3.8, 4) is 11.5 Å². The molecule has 3 aromatic rings. The number of alkyl halides is 1. The van der Waals surface area contributed by atoms with E-state index in [2.05, 4.69) is 31.2 Å². The Morgan fingerprint density at radius 1 is 1.26 bits per heavy atom. The first-order valence-corrected chi connectivity index (χ1v) is 8.49. The van der Waals surface area contributed by atoms with Crippen molar-refractivity contribution in [3.63, 3.8) is 0 Å². The molecule has 0 aliphatic carbocycles. The molecular formula is C15H10BrN3O3S. The van der Waals surface area contributed by atoms with Gasteiger partial charge in [0.25, 0.3) is 0 Å². The van der Waals surface area contributed by atoms with Crippen molar-refractivity contribution in [1.29, 1.82) is 0 Å². The van der Waals surface area contributed by atoms with Crippen LogP contribution in [0.25, 0.3) is 11.5 Å². The number of furan rings is 1. The van der Waals surface area contributed by atoms with Crippen molar-refractivity contribution >= 4 is 44.1 Å². The molecule has 0 fully saturated rings. The number of rotatable bonds is 5. The lowest BCUT2D eigenvalue weighted by Crippen LogP contribution is -2.11. The molecule has 6 nitrogen and oxygen atoms in total. The molecule has 1 N–H and O–H groups in total. The van der Waals surface area contributed by atoms with Crippen molar-refractivity contribution in [1.82, 2.24) is 9.97 Å². The van der Waals surface area contributed by atoms with E-state index in [9.17, 15) is 9.59 Å². The number of ketones is 1. The van der Waals surface area contributed by atoms with Gasteiger partial charge in [-0.15, -0.1) is 0 Å². The van der Waals surface area contributed by atoms with Gasteiger partial charge in [0, 0.05) is 6.20 Å². The van der Waals surface area contributed by atoms with Gasteiger partial charge in [0.05, 0.1) is 11.6 Å². The van der Waals surface area contributed by atoms with Gasteiger partial charge < -0.3 is 9.73 Å². The van der Waals surface area contributed by atoms with Crippen LogP contribution < -0.4 is 5.32 Å². The zero-order valence-electron chi connectivity index (χ0n) is 11.7. The third kappa shape index (κ3) is 3.38. The van der Waals surface area contributed by atoms with E-state index in [-0.39, 0.29) is 17.0 Å². The number of nitrogens with one attached hydrogen (secondary N) is 1. The second-order valence-corrected chi connectivity index (χ2v) is 5.96. The fourth-order valence-electron chi connectivity index (χ4n) is 1.87. The largest absolute Gasteiger partial charge is 0.463 e. The molecule has 0 aliphatic rings. The molecule has 3 heterocycles. The summed E-state index contributed by atoms with van der Waals surface area (Å²) in [7, 11) is 0. The van der Waals surface area contributed by atoms with Crippen LogP contribution in [0, 0.1) is 0 Å². The molecule has 0 aliphatic heterocycles. The molecule has 0 bridgehead atoms. The molecule has 0 radical (unpaired) electrons. The Morgan fingerprint density at radius 3 is 2.78 bits per heavy atom. The quantitative estimate of drug-likeness (QED) is 0.532. The summed E-state index contributed by atoms with van der Waals surface area (Å²) in [5, 5.41) is 3.11. The van der Waals surface area contributed by atoms with E-state index >= 15 is 0 Å². The van der Waals surface area contributed by atoms with Crippen molar-refractivity contribution in [2.75, 3.05) is 10.6 Å². The third-order valence-electron chi connectivity index (χ3n) is 2.85. The monoisotopic (exact) mass is 391 g/mol. The first kappa shape index (κ1) is 15.6. The first-order valence-electron chi connectivity index (χ1n) is 6.55. The molecule has 8 heteroatoms. The molecule has 0 unspecified atom stereocenters. The highest BCUT2D eigenvalue weighted by molar-refractivity contribution is 9.09. The second-order valence-electron chi connectivity index (χ2n) is 4.40. The van der Waals surface area contributed by atoms with Gasteiger partial charge in [-0.05, 0) is 24.3 Å². The number of carbonyl (C=O) groups is 2. The maximum absolute atomic E-state index is 12.7. The van der Waals surface area contributed by atoms with Gasteiger partial charge in [-0.3, -0.25) is 14.6 Å². The maximum atomic E-state index is 12.7. The highest BCUT2D eigenvalue weighted by Gasteiger charge is 2.23. The number of nitrogens with zero attached hydrogens (tertiary/aromatic N) is 2. The predicted octanol–water partition coefficient (Wildman–Crippen LogP) is 3.36. The average Bonchev–Trinajstić information content (AvgIpc) is 3.24. The van der Waals surface area contributed by atoms with E-state index < -0.39 is 0 Å². The standard InChI is InChI=1S/C15H10BrN3O3S/c16-8-11(20)18-15-19-12(10-5-3-7-22-10)14(23-15)13(21)9-4-1-2-6-17-9/h1-7H,8H2,(H,18,19,20). The number of hydrogen-bond acceptors (Lipinski definition) is 6. The number of anilines is 1. The van der Waals surface area contributed by atoms with E-state index in [1.54, 1.807) is 36.5 Å². The highest BCUT2D eigenvalue weighted by Crippen LogP contribution is 2.33. The predicted molar refractivity (Wildman–Crippen MR) is 89.9 cm³/mol. The Kier molecular flexibility index (Phi) is 4.63. The minimum absolute atomic E-state index is 0.145. The van der Waals surface area contributed by atoms with Gasteiger partial charge in [0.2, 0.25) is 11.7 Å². The van der Waals surface area contributed by atoms with Crippen LogP contribution in [0.5, 0.6) is 0 Å². The van der Waals surface area contributed by atoms with Crippen molar-refractivity contribution in [2.24, 2.45) is 0 Å². The van der Waals surface area contributed by atoms with Gasteiger partial charge in [-0.25, -0.2) is 4.98 Å². The van der Waals surface area contributed by atoms with Crippen LogP contribution in [0.2, 0.25) is 0 Å². The van der Waals surface area contributed by atoms with Crippen LogP contribution in [0.15, 0.2) is 47.2 Å². The summed E-state index contributed by atoms with van der Waals surface area (Å²) in [6.45, 7) is 0. The zero-order valence-corrected chi connectivity index (χ0v) is 14.1. The number of thiazole rings is 1. The fourth-order valence-corrected chi connectivity index (χ4v) is 2.95. The molecule has 3 rings (SSSR count). The minimum Gasteiger partial charge on any atom is -0.463 e. The Bertz CT molecular complexity index is 831. The summed E-state index contributed by atoms with van der Waals surface area (Å²) < 4.78 is 5.34. The minimum atomic E-state index is -0.270. The van der Waals surface area contributed by atoms with Crippen LogP contribution >= 0.6 is 27.3 Å². The van der Waals surface area contributed by atoms with Crippen LogP contribution in [0.4, 0.5) is 5.13 Å². The number of hydrogen-bond donors (Lipinski definition) is 1. The van der Waals surface area contributed by atoms with Gasteiger partial charge >= 0.3 is 0 Å². The number of carbonyl (C=O) groups excluding carboxylic acids is 2. The Hall–Kier alpha value is -2.32. The second kappa shape index (κ2) is 6.84. The molecule has 0 aromatic carbocycles. The summed E-state index contributed by atoms with van der Waals surface area (Å²) in [5.74, 6) is -0.0599. The normalized spacial score (nSPS) is 10.5. The van der Waals surface area contributed by atoms with Crippen molar-refractivity contribution < 1.29 is 14.0 Å². The number of pyridine rings is 1. The topological polar surface area (TPSA) is 85.1 Å². The van der Waals surface area contributed by atoms with Gasteiger partial charge in [-0.2, -0.15) is 0 Å². The lowest BCUT2D eigenvalue weighted by Gasteiger charge is -1.98. The molecule has 0 atom stereocenters. The maximum Gasteiger partial charge on any atom is 0.236 e. The van der Waals surface area contributed by atoms with Gasteiger partial charge in [-0.1, -0.05) is 33.3 Å². The van der Waals surface area contributed by atoms with Crippen molar-refractivity contribution in [3.05, 3.63) is 53.4 Å². The highest BCUT2D eigenvalue weighted by atomic mass is 79.9. The van der Waals surface area contributed by atoms with E-state index in [1.165, 1.54) is 6.26 Å². The van der Waals surface area contributed by atoms with Gasteiger partial charge in [0.1, 0.15) is 16.3 Å². The van der Waals surface area contributed by atoms with E-state index in [1.807, 2.05) is 0 Å². The van der Waals surface area contributed by atoms with Crippen LogP contribution in [0.1, 0.15) is 15.4 Å². The summed E-state index contributed by atoms with van der Waals surface area (Å²) >= 11 is 4.16. The van der Waals surface area contributed by atoms with Crippen molar-refractivity contribution in [2.45, 2.75) is 0 Å². The van der Waals surface area contributed by atoms with Crippen LogP contribution in [-0.2, 0) is 4.79 Å². The average molecular weight is 392 g/mol. The molecule has 0 saturated carbocycles.